The number of benzene rings is 1. The molecule has 1 aromatic carbocycles. The lowest BCUT2D eigenvalue weighted by Crippen LogP contribution is -2.37. The van der Waals surface area contributed by atoms with Gasteiger partial charge in [-0.1, -0.05) is 25.4 Å². The average Bonchev–Trinajstić information content (AvgIpc) is 2.57. The van der Waals surface area contributed by atoms with Crippen LogP contribution in [0.4, 0.5) is 5.69 Å². The molecule has 26 heavy (non-hydrogen) atoms. The van der Waals surface area contributed by atoms with Crippen molar-refractivity contribution in [2.24, 2.45) is 0 Å². The topological polar surface area (TPSA) is 69.7 Å². The summed E-state index contributed by atoms with van der Waals surface area (Å²) in [5.74, 6) is 0.682. The Kier molecular flexibility index (Phi) is 9.40. The Hall–Kier alpha value is -0.800. The zero-order valence-corrected chi connectivity index (χ0v) is 18.3. The molecule has 0 unspecified atom stereocenters. The molecule has 0 aliphatic rings. The molecule has 0 aliphatic heterocycles. The first-order valence-corrected chi connectivity index (χ1v) is 11.7. The van der Waals surface area contributed by atoms with Gasteiger partial charge in [-0.05, 0) is 38.4 Å². The van der Waals surface area contributed by atoms with Crippen molar-refractivity contribution in [3.8, 4) is 0 Å². The van der Waals surface area contributed by atoms with Crippen molar-refractivity contribution < 1.29 is 13.2 Å². The van der Waals surface area contributed by atoms with Crippen LogP contribution in [0.1, 0.15) is 20.8 Å². The molecule has 148 valence electrons. The van der Waals surface area contributed by atoms with E-state index < -0.39 is 10.0 Å². The Bertz CT molecular complexity index is 709. The summed E-state index contributed by atoms with van der Waals surface area (Å²) in [7, 11) is -1.73. The number of nitrogens with one attached hydrogen (secondary N) is 1. The Balaban J connectivity index is 2.96. The van der Waals surface area contributed by atoms with Crippen LogP contribution in [-0.2, 0) is 14.8 Å². The van der Waals surface area contributed by atoms with Crippen molar-refractivity contribution in [3.05, 3.63) is 23.2 Å². The fraction of sp³-hybridized carbons (Fsp3) is 0.588. The molecule has 6 nitrogen and oxygen atoms in total. The average molecular weight is 422 g/mol. The van der Waals surface area contributed by atoms with Crippen LogP contribution in [0.25, 0.3) is 0 Å². The molecule has 9 heteroatoms. The van der Waals surface area contributed by atoms with Crippen LogP contribution in [0.15, 0.2) is 23.1 Å². The van der Waals surface area contributed by atoms with Crippen molar-refractivity contribution in [2.45, 2.75) is 31.7 Å². The van der Waals surface area contributed by atoms with Gasteiger partial charge >= 0.3 is 0 Å². The highest BCUT2D eigenvalue weighted by atomic mass is 35.5. The largest absolute Gasteiger partial charge is 0.324 e. The van der Waals surface area contributed by atoms with Gasteiger partial charge in [0.1, 0.15) is 0 Å². The third-order valence-electron chi connectivity index (χ3n) is 4.11. The van der Waals surface area contributed by atoms with Gasteiger partial charge in [0, 0.05) is 24.9 Å². The lowest BCUT2D eigenvalue weighted by Gasteiger charge is -2.23. The quantitative estimate of drug-likeness (QED) is 0.628. The highest BCUT2D eigenvalue weighted by Gasteiger charge is 2.23. The number of thioether (sulfide) groups is 1. The van der Waals surface area contributed by atoms with Crippen molar-refractivity contribution >= 4 is 45.0 Å². The number of carbonyl (C=O) groups is 1. The van der Waals surface area contributed by atoms with E-state index in [-0.39, 0.29) is 23.4 Å². The Morgan fingerprint density at radius 1 is 1.31 bits per heavy atom. The first-order valence-electron chi connectivity index (χ1n) is 8.46. The maximum Gasteiger partial charge on any atom is 0.243 e. The van der Waals surface area contributed by atoms with Crippen LogP contribution < -0.4 is 5.32 Å². The third-order valence-corrected chi connectivity index (χ3v) is 7.30. The minimum Gasteiger partial charge on any atom is -0.324 e. The zero-order chi connectivity index (χ0) is 19.9. The summed E-state index contributed by atoms with van der Waals surface area (Å²) in [6.45, 7) is 6.57. The van der Waals surface area contributed by atoms with Gasteiger partial charge in [-0.25, -0.2) is 8.42 Å². The number of hydrogen-bond donors (Lipinski definition) is 1. The molecular weight excluding hydrogens is 394 g/mol. The molecule has 1 amide bonds. The van der Waals surface area contributed by atoms with Gasteiger partial charge in [0.2, 0.25) is 15.9 Å². The molecule has 0 aliphatic carbocycles. The SMILES string of the molecule is CCN(CC)S(=O)(=O)c1ccc(Cl)c(NC(=O)CN(C)[C@@H](C)CSC)c1. The summed E-state index contributed by atoms with van der Waals surface area (Å²) < 4.78 is 26.6. The number of carbonyl (C=O) groups excluding carboxylic acids is 1. The van der Waals surface area contributed by atoms with E-state index >= 15 is 0 Å². The molecule has 1 N–H and O–H groups in total. The highest BCUT2D eigenvalue weighted by Crippen LogP contribution is 2.27. The third kappa shape index (κ3) is 6.13. The second-order valence-corrected chi connectivity index (χ2v) is 9.25. The van der Waals surface area contributed by atoms with E-state index in [0.29, 0.717) is 23.8 Å². The van der Waals surface area contributed by atoms with Gasteiger partial charge in [-0.15, -0.1) is 0 Å². The lowest BCUT2D eigenvalue weighted by atomic mass is 10.3. The van der Waals surface area contributed by atoms with Gasteiger partial charge in [0.05, 0.1) is 22.2 Å². The second-order valence-electron chi connectivity index (χ2n) is 6.00. The van der Waals surface area contributed by atoms with Crippen LogP contribution in [0, 0.1) is 0 Å². The molecular formula is C17H28ClN3O3S2. The molecule has 0 spiro atoms. The predicted octanol–water partition coefficient (Wildman–Crippen LogP) is 2.99. The smallest absolute Gasteiger partial charge is 0.243 e. The Morgan fingerprint density at radius 3 is 2.46 bits per heavy atom. The van der Waals surface area contributed by atoms with Gasteiger partial charge in [0.15, 0.2) is 0 Å². The standard InChI is InChI=1S/C17H28ClN3O3S2/c1-6-21(7-2)26(23,24)14-8-9-15(18)16(10-14)19-17(22)11-20(4)13(3)12-25-5/h8-10,13H,6-7,11-12H2,1-5H3,(H,19,22)/t13-/m0/s1. The summed E-state index contributed by atoms with van der Waals surface area (Å²) in [6.07, 6.45) is 2.02. The van der Waals surface area contributed by atoms with Gasteiger partial charge in [-0.3, -0.25) is 9.69 Å². The molecule has 1 rings (SSSR count). The van der Waals surface area contributed by atoms with Crippen LogP contribution in [0.5, 0.6) is 0 Å². The maximum absolute atomic E-state index is 12.6. The van der Waals surface area contributed by atoms with Crippen LogP contribution in [0.3, 0.4) is 0 Å². The molecule has 0 bridgehead atoms. The lowest BCUT2D eigenvalue weighted by molar-refractivity contribution is -0.117. The Morgan fingerprint density at radius 2 is 1.92 bits per heavy atom. The van der Waals surface area contributed by atoms with Gasteiger partial charge < -0.3 is 5.32 Å². The number of hydrogen-bond acceptors (Lipinski definition) is 5. The fourth-order valence-electron chi connectivity index (χ4n) is 2.41. The van der Waals surface area contributed by atoms with Crippen LogP contribution in [-0.4, -0.2) is 68.3 Å². The Labute approximate surface area is 166 Å². The molecule has 0 saturated heterocycles. The van der Waals surface area contributed by atoms with E-state index in [1.54, 1.807) is 25.6 Å². The highest BCUT2D eigenvalue weighted by molar-refractivity contribution is 7.98. The molecule has 1 atom stereocenters. The van der Waals surface area contributed by atoms with Crippen LogP contribution in [0.2, 0.25) is 5.02 Å². The molecule has 0 aromatic heterocycles. The molecule has 1 aromatic rings. The van der Waals surface area contributed by atoms with Crippen LogP contribution >= 0.6 is 23.4 Å². The summed E-state index contributed by atoms with van der Waals surface area (Å²) in [4.78, 5) is 14.4. The summed E-state index contributed by atoms with van der Waals surface area (Å²) in [5, 5.41) is 3.03. The summed E-state index contributed by atoms with van der Waals surface area (Å²) in [6, 6.07) is 4.62. The fourth-order valence-corrected chi connectivity index (χ4v) is 4.80. The minimum absolute atomic E-state index is 0.116. The molecule has 0 fully saturated rings. The van der Waals surface area contributed by atoms with Gasteiger partial charge in [-0.2, -0.15) is 16.1 Å². The van der Waals surface area contributed by atoms with Crippen molar-refractivity contribution in [1.82, 2.24) is 9.21 Å². The van der Waals surface area contributed by atoms with Gasteiger partial charge in [0.25, 0.3) is 0 Å². The number of amides is 1. The number of halogens is 1. The normalized spacial score (nSPS) is 13.2. The number of sulfonamides is 1. The second kappa shape index (κ2) is 10.5. The number of likely N-dealkylation sites (N-methyl/N-ethyl adjacent to an activating group) is 1. The number of nitrogens with zero attached hydrogens (tertiary/aromatic N) is 2. The van der Waals surface area contributed by atoms with E-state index in [2.05, 4.69) is 5.32 Å². The maximum atomic E-state index is 12.6. The van der Waals surface area contributed by atoms with Crippen molar-refractivity contribution in [2.75, 3.05) is 44.0 Å². The number of anilines is 1. The van der Waals surface area contributed by atoms with E-state index in [1.807, 2.05) is 25.1 Å². The molecule has 0 heterocycles. The molecule has 0 radical (unpaired) electrons. The van der Waals surface area contributed by atoms with E-state index in [4.69, 9.17) is 11.6 Å². The van der Waals surface area contributed by atoms with E-state index in [0.717, 1.165) is 5.75 Å². The van der Waals surface area contributed by atoms with Crippen molar-refractivity contribution in [1.29, 1.82) is 0 Å². The predicted molar refractivity (Wildman–Crippen MR) is 111 cm³/mol. The minimum atomic E-state index is -3.61. The zero-order valence-electron chi connectivity index (χ0n) is 16.0. The van der Waals surface area contributed by atoms with E-state index in [9.17, 15) is 13.2 Å². The van der Waals surface area contributed by atoms with Crippen molar-refractivity contribution in [3.63, 3.8) is 0 Å². The first-order chi connectivity index (χ1) is 12.2. The summed E-state index contributed by atoms with van der Waals surface area (Å²) in [5.41, 5.74) is 0.302. The first kappa shape index (κ1) is 23.2. The monoisotopic (exact) mass is 421 g/mol. The molecule has 0 saturated carbocycles. The van der Waals surface area contributed by atoms with E-state index in [1.165, 1.54) is 22.5 Å². The summed E-state index contributed by atoms with van der Waals surface area (Å²) >= 11 is 7.86. The number of rotatable bonds is 10.